The van der Waals surface area contributed by atoms with Crippen LogP contribution in [0.4, 0.5) is 11.8 Å². The molecule has 1 N–H and O–H groups in total. The third-order valence-electron chi connectivity index (χ3n) is 4.15. The number of nitrogens with one attached hydrogen (secondary N) is 1. The molecule has 0 amide bonds. The minimum absolute atomic E-state index is 0.763. The second-order valence-corrected chi connectivity index (χ2v) is 7.23. The average Bonchev–Trinajstić information content (AvgIpc) is 2.68. The van der Waals surface area contributed by atoms with Gasteiger partial charge in [0.1, 0.15) is 10.6 Å². The highest BCUT2D eigenvalue weighted by Gasteiger charge is 2.19. The maximum absolute atomic E-state index is 4.80. The van der Waals surface area contributed by atoms with E-state index in [0.717, 1.165) is 42.1 Å². The Morgan fingerprint density at radius 2 is 2.19 bits per heavy atom. The van der Waals surface area contributed by atoms with E-state index in [1.165, 1.54) is 29.5 Å². The predicted molar refractivity (Wildman–Crippen MR) is 91.5 cm³/mol. The van der Waals surface area contributed by atoms with E-state index in [1.54, 1.807) is 11.3 Å². The summed E-state index contributed by atoms with van der Waals surface area (Å²) < 4.78 is 0. The zero-order valence-corrected chi connectivity index (χ0v) is 14.0. The van der Waals surface area contributed by atoms with Gasteiger partial charge in [-0.3, -0.25) is 0 Å². The van der Waals surface area contributed by atoms with Gasteiger partial charge < -0.3 is 10.2 Å². The Bertz CT molecular complexity index is 622. The molecule has 0 aromatic carbocycles. The van der Waals surface area contributed by atoms with Crippen molar-refractivity contribution >= 4 is 33.3 Å². The number of aryl methyl sites for hydroxylation is 1. The lowest BCUT2D eigenvalue weighted by Crippen LogP contribution is -2.25. The Balaban J connectivity index is 2.02. The van der Waals surface area contributed by atoms with Crippen LogP contribution < -0.4 is 10.2 Å². The van der Waals surface area contributed by atoms with Crippen molar-refractivity contribution in [2.75, 3.05) is 29.9 Å². The molecule has 0 radical (unpaired) electrons. The molecule has 1 aliphatic heterocycles. The number of rotatable bonds is 3. The highest BCUT2D eigenvalue weighted by Crippen LogP contribution is 2.33. The average molecular weight is 304 g/mol. The molecule has 21 heavy (non-hydrogen) atoms. The summed E-state index contributed by atoms with van der Waals surface area (Å²) >= 11 is 1.76. The number of fused-ring (bicyclic) bond motifs is 1. The quantitative estimate of drug-likeness (QED) is 0.928. The predicted octanol–water partition coefficient (Wildman–Crippen LogP) is 4.06. The van der Waals surface area contributed by atoms with E-state index in [2.05, 4.69) is 42.0 Å². The van der Waals surface area contributed by atoms with Crippen LogP contribution in [0, 0.1) is 12.8 Å². The summed E-state index contributed by atoms with van der Waals surface area (Å²) in [5, 5.41) is 4.49. The molecule has 2 aromatic heterocycles. The third-order valence-corrected chi connectivity index (χ3v) is 5.09. The molecule has 1 unspecified atom stereocenters. The molecule has 5 heteroatoms. The fourth-order valence-corrected chi connectivity index (χ4v) is 3.85. The Labute approximate surface area is 130 Å². The van der Waals surface area contributed by atoms with E-state index in [1.807, 2.05) is 0 Å². The van der Waals surface area contributed by atoms with Gasteiger partial charge in [-0.2, -0.15) is 4.98 Å². The van der Waals surface area contributed by atoms with Crippen LogP contribution >= 0.6 is 11.3 Å². The molecule has 0 bridgehead atoms. The molecule has 1 atom stereocenters. The summed E-state index contributed by atoms with van der Waals surface area (Å²) in [6.07, 6.45) is 3.84. The molecular formula is C16H24N4S. The number of nitrogens with zero attached hydrogens (tertiary/aromatic N) is 3. The molecule has 1 saturated heterocycles. The molecule has 3 heterocycles. The van der Waals surface area contributed by atoms with Crippen LogP contribution in [0.3, 0.4) is 0 Å². The summed E-state index contributed by atoms with van der Waals surface area (Å²) in [6.45, 7) is 9.66. The molecule has 2 aromatic rings. The summed E-state index contributed by atoms with van der Waals surface area (Å²) in [6, 6.07) is 2.24. The fraction of sp³-hybridized carbons (Fsp3) is 0.625. The molecule has 1 fully saturated rings. The van der Waals surface area contributed by atoms with E-state index in [9.17, 15) is 0 Å². The first-order chi connectivity index (χ1) is 10.2. The smallest absolute Gasteiger partial charge is 0.226 e. The SMILES string of the molecule is CCNc1nc(N2CCCC(C)CC2)c2cc(C)sc2n1. The van der Waals surface area contributed by atoms with Crippen molar-refractivity contribution in [3.05, 3.63) is 10.9 Å². The van der Waals surface area contributed by atoms with Gasteiger partial charge in [0.2, 0.25) is 5.95 Å². The van der Waals surface area contributed by atoms with Gasteiger partial charge in [0, 0.05) is 24.5 Å². The van der Waals surface area contributed by atoms with E-state index < -0.39 is 0 Å². The molecular weight excluding hydrogens is 280 g/mol. The normalized spacial score (nSPS) is 19.8. The van der Waals surface area contributed by atoms with Gasteiger partial charge in [-0.15, -0.1) is 11.3 Å². The van der Waals surface area contributed by atoms with Gasteiger partial charge in [0.15, 0.2) is 0 Å². The van der Waals surface area contributed by atoms with Crippen LogP contribution in [-0.2, 0) is 0 Å². The highest BCUT2D eigenvalue weighted by molar-refractivity contribution is 7.18. The van der Waals surface area contributed by atoms with Crippen molar-refractivity contribution in [1.29, 1.82) is 0 Å². The molecule has 0 aliphatic carbocycles. The van der Waals surface area contributed by atoms with Crippen LogP contribution in [0.1, 0.15) is 38.0 Å². The first-order valence-electron chi connectivity index (χ1n) is 7.94. The standard InChI is InChI=1S/C16H24N4S/c1-4-17-16-18-14(13-10-12(3)21-15(13)19-16)20-8-5-6-11(2)7-9-20/h10-11H,4-9H2,1-3H3,(H,17,18,19). The highest BCUT2D eigenvalue weighted by atomic mass is 32.1. The number of hydrogen-bond acceptors (Lipinski definition) is 5. The maximum atomic E-state index is 4.80. The zero-order valence-electron chi connectivity index (χ0n) is 13.1. The summed E-state index contributed by atoms with van der Waals surface area (Å²) in [5.41, 5.74) is 0. The summed E-state index contributed by atoms with van der Waals surface area (Å²) in [7, 11) is 0. The van der Waals surface area contributed by atoms with Gasteiger partial charge in [0.05, 0.1) is 5.39 Å². The van der Waals surface area contributed by atoms with Gasteiger partial charge in [-0.05, 0) is 45.1 Å². The topological polar surface area (TPSA) is 41.1 Å². The van der Waals surface area contributed by atoms with Crippen molar-refractivity contribution in [2.45, 2.75) is 40.0 Å². The Hall–Kier alpha value is -1.36. The number of anilines is 2. The van der Waals surface area contributed by atoms with Crippen molar-refractivity contribution in [3.63, 3.8) is 0 Å². The van der Waals surface area contributed by atoms with Gasteiger partial charge in [-0.25, -0.2) is 4.98 Å². The largest absolute Gasteiger partial charge is 0.356 e. The first-order valence-corrected chi connectivity index (χ1v) is 8.76. The van der Waals surface area contributed by atoms with Crippen LogP contribution in [0.15, 0.2) is 6.07 Å². The van der Waals surface area contributed by atoms with E-state index in [4.69, 9.17) is 4.98 Å². The number of aromatic nitrogens is 2. The van der Waals surface area contributed by atoms with Gasteiger partial charge in [-0.1, -0.05) is 6.92 Å². The third kappa shape index (κ3) is 3.12. The second kappa shape index (κ2) is 6.18. The zero-order chi connectivity index (χ0) is 14.8. The molecule has 0 spiro atoms. The summed E-state index contributed by atoms with van der Waals surface area (Å²) in [5.74, 6) is 2.71. The number of hydrogen-bond donors (Lipinski definition) is 1. The second-order valence-electron chi connectivity index (χ2n) is 6.00. The lowest BCUT2D eigenvalue weighted by atomic mass is 10.0. The Kier molecular flexibility index (Phi) is 4.29. The lowest BCUT2D eigenvalue weighted by Gasteiger charge is -2.22. The van der Waals surface area contributed by atoms with E-state index in [0.29, 0.717) is 0 Å². The van der Waals surface area contributed by atoms with Crippen molar-refractivity contribution in [2.24, 2.45) is 5.92 Å². The summed E-state index contributed by atoms with van der Waals surface area (Å²) in [4.78, 5) is 14.3. The van der Waals surface area contributed by atoms with Crippen LogP contribution in [-0.4, -0.2) is 29.6 Å². The Morgan fingerprint density at radius 3 is 3.00 bits per heavy atom. The molecule has 114 valence electrons. The molecule has 4 nitrogen and oxygen atoms in total. The minimum Gasteiger partial charge on any atom is -0.356 e. The van der Waals surface area contributed by atoms with Crippen molar-refractivity contribution in [1.82, 2.24) is 9.97 Å². The molecule has 3 rings (SSSR count). The monoisotopic (exact) mass is 304 g/mol. The van der Waals surface area contributed by atoms with Crippen LogP contribution in [0.25, 0.3) is 10.2 Å². The van der Waals surface area contributed by atoms with Gasteiger partial charge >= 0.3 is 0 Å². The fourth-order valence-electron chi connectivity index (χ4n) is 2.98. The minimum atomic E-state index is 0.763. The van der Waals surface area contributed by atoms with Crippen molar-refractivity contribution < 1.29 is 0 Å². The van der Waals surface area contributed by atoms with Crippen LogP contribution in [0.5, 0.6) is 0 Å². The maximum Gasteiger partial charge on any atom is 0.226 e. The first kappa shape index (κ1) is 14.6. The Morgan fingerprint density at radius 1 is 1.33 bits per heavy atom. The van der Waals surface area contributed by atoms with E-state index in [-0.39, 0.29) is 0 Å². The lowest BCUT2D eigenvalue weighted by molar-refractivity contribution is 0.521. The van der Waals surface area contributed by atoms with Crippen molar-refractivity contribution in [3.8, 4) is 0 Å². The van der Waals surface area contributed by atoms with E-state index >= 15 is 0 Å². The van der Waals surface area contributed by atoms with Gasteiger partial charge in [0.25, 0.3) is 0 Å². The van der Waals surface area contributed by atoms with Crippen LogP contribution in [0.2, 0.25) is 0 Å². The molecule has 1 aliphatic rings. The number of thiophene rings is 1. The molecule has 0 saturated carbocycles.